The molecule has 0 saturated carbocycles. The van der Waals surface area contributed by atoms with E-state index >= 15 is 0 Å². The summed E-state index contributed by atoms with van der Waals surface area (Å²) >= 11 is 6.59. The second-order valence-electron chi connectivity index (χ2n) is 5.92. The van der Waals surface area contributed by atoms with Crippen LogP contribution in [0.15, 0.2) is 34.7 Å². The Labute approximate surface area is 157 Å². The van der Waals surface area contributed by atoms with Crippen molar-refractivity contribution in [2.45, 2.75) is 29.9 Å². The van der Waals surface area contributed by atoms with Gasteiger partial charge in [0.05, 0.1) is 0 Å². The number of rotatable bonds is 4. The van der Waals surface area contributed by atoms with E-state index in [4.69, 9.17) is 12.2 Å². The average molecular weight is 376 g/mol. The number of aromatic nitrogens is 4. The van der Waals surface area contributed by atoms with E-state index in [2.05, 4.69) is 42.4 Å². The van der Waals surface area contributed by atoms with Crippen LogP contribution < -0.4 is 15.5 Å². The van der Waals surface area contributed by atoms with Crippen molar-refractivity contribution in [2.75, 3.05) is 30.4 Å². The highest BCUT2D eigenvalue weighted by Gasteiger charge is 2.19. The maximum absolute atomic E-state index is 5.18. The molecule has 0 amide bonds. The van der Waals surface area contributed by atoms with Gasteiger partial charge in [-0.05, 0) is 48.8 Å². The normalized spacial score (nSPS) is 17.2. The van der Waals surface area contributed by atoms with Gasteiger partial charge in [0.2, 0.25) is 5.95 Å². The first-order valence-corrected chi connectivity index (χ1v) is 9.44. The van der Waals surface area contributed by atoms with Gasteiger partial charge in [0.1, 0.15) is 10.8 Å². The minimum atomic E-state index is 0.480. The highest BCUT2D eigenvalue weighted by atomic mass is 32.2. The summed E-state index contributed by atoms with van der Waals surface area (Å²) in [5.41, 5.74) is 0. The summed E-state index contributed by atoms with van der Waals surface area (Å²) < 4.78 is 0. The molecule has 1 fully saturated rings. The van der Waals surface area contributed by atoms with Crippen molar-refractivity contribution in [1.82, 2.24) is 25.3 Å². The predicted molar refractivity (Wildman–Crippen MR) is 104 cm³/mol. The quantitative estimate of drug-likeness (QED) is 0.476. The maximum Gasteiger partial charge on any atom is 0.232 e. The molecular weight excluding hydrogens is 354 g/mol. The lowest BCUT2D eigenvalue weighted by Crippen LogP contribution is -2.35. The monoisotopic (exact) mass is 375 g/mol. The molecule has 1 aliphatic heterocycles. The van der Waals surface area contributed by atoms with Crippen molar-refractivity contribution in [1.29, 1.82) is 0 Å². The van der Waals surface area contributed by atoms with Crippen molar-refractivity contribution in [3.8, 4) is 0 Å². The van der Waals surface area contributed by atoms with E-state index < -0.39 is 0 Å². The fourth-order valence-corrected chi connectivity index (χ4v) is 3.48. The van der Waals surface area contributed by atoms with Crippen molar-refractivity contribution in [3.05, 3.63) is 24.5 Å². The van der Waals surface area contributed by atoms with Crippen LogP contribution >= 0.6 is 24.0 Å². The SMILES string of the molecule is CNC(=S)Nc1nc(Sc2ncccn2)cc(N2CCCC(C)C2)n1. The molecule has 0 aliphatic carbocycles. The number of anilines is 2. The zero-order valence-electron chi connectivity index (χ0n) is 14.3. The maximum atomic E-state index is 5.18. The fourth-order valence-electron chi connectivity index (χ4n) is 2.68. The molecule has 0 radical (unpaired) electrons. The van der Waals surface area contributed by atoms with Crippen molar-refractivity contribution in [3.63, 3.8) is 0 Å². The third kappa shape index (κ3) is 4.99. The van der Waals surface area contributed by atoms with Gasteiger partial charge in [-0.3, -0.25) is 0 Å². The minimum absolute atomic E-state index is 0.480. The zero-order chi connectivity index (χ0) is 17.6. The largest absolute Gasteiger partial charge is 0.365 e. The summed E-state index contributed by atoms with van der Waals surface area (Å²) in [5.74, 6) is 2.04. The number of piperidine rings is 1. The molecule has 0 aromatic carbocycles. The first kappa shape index (κ1) is 17.8. The Kier molecular flexibility index (Phi) is 5.98. The topological polar surface area (TPSA) is 78.9 Å². The van der Waals surface area contributed by atoms with Crippen molar-refractivity contribution >= 4 is 40.9 Å². The Bertz CT molecular complexity index is 726. The van der Waals surface area contributed by atoms with Crippen LogP contribution in [0.4, 0.5) is 11.8 Å². The molecule has 0 bridgehead atoms. The molecule has 3 rings (SSSR count). The lowest BCUT2D eigenvalue weighted by molar-refractivity contribution is 0.444. The molecule has 2 aromatic rings. The van der Waals surface area contributed by atoms with Crippen LogP contribution in [0.3, 0.4) is 0 Å². The van der Waals surface area contributed by atoms with Gasteiger partial charge < -0.3 is 15.5 Å². The fraction of sp³-hybridized carbons (Fsp3) is 0.438. The van der Waals surface area contributed by atoms with E-state index in [0.29, 0.717) is 22.1 Å². The molecular formula is C16H21N7S2. The lowest BCUT2D eigenvalue weighted by Gasteiger charge is -2.32. The van der Waals surface area contributed by atoms with E-state index in [1.165, 1.54) is 24.6 Å². The molecule has 1 aliphatic rings. The molecule has 3 heterocycles. The summed E-state index contributed by atoms with van der Waals surface area (Å²) in [4.78, 5) is 20.0. The molecule has 1 saturated heterocycles. The number of nitrogens with zero attached hydrogens (tertiary/aromatic N) is 5. The Balaban J connectivity index is 1.88. The highest BCUT2D eigenvalue weighted by molar-refractivity contribution is 7.99. The van der Waals surface area contributed by atoms with E-state index in [-0.39, 0.29) is 0 Å². The van der Waals surface area contributed by atoms with Gasteiger partial charge in [-0.15, -0.1) is 0 Å². The van der Waals surface area contributed by atoms with E-state index in [0.717, 1.165) is 23.9 Å². The van der Waals surface area contributed by atoms with Crippen LogP contribution in [0.25, 0.3) is 0 Å². The predicted octanol–water partition coefficient (Wildman–Crippen LogP) is 2.57. The third-order valence-corrected chi connectivity index (χ3v) is 4.98. The van der Waals surface area contributed by atoms with Gasteiger partial charge in [0.15, 0.2) is 10.3 Å². The summed E-state index contributed by atoms with van der Waals surface area (Å²) in [6.07, 6.45) is 5.88. The second-order valence-corrected chi connectivity index (χ2v) is 7.31. The highest BCUT2D eigenvalue weighted by Crippen LogP contribution is 2.28. The van der Waals surface area contributed by atoms with Crippen LogP contribution in [-0.2, 0) is 0 Å². The molecule has 25 heavy (non-hydrogen) atoms. The standard InChI is InChI=1S/C16H21N7S2/c1-11-5-3-8-23(10-11)12-9-13(25-16-18-6-4-7-19-16)21-14(20-12)22-15(24)17-2/h4,6-7,9,11H,3,5,8,10H2,1-2H3,(H2,17,20,21,22,24). The van der Waals surface area contributed by atoms with Gasteiger partial charge in [0, 0.05) is 38.6 Å². The van der Waals surface area contributed by atoms with Crippen LogP contribution in [0.2, 0.25) is 0 Å². The number of hydrogen-bond donors (Lipinski definition) is 2. The molecule has 9 heteroatoms. The first-order chi connectivity index (χ1) is 12.1. The second kappa shape index (κ2) is 8.39. The number of thiocarbonyl (C=S) groups is 1. The van der Waals surface area contributed by atoms with Crippen LogP contribution in [-0.4, -0.2) is 45.2 Å². The molecule has 2 aromatic heterocycles. The van der Waals surface area contributed by atoms with Gasteiger partial charge in [-0.25, -0.2) is 15.0 Å². The molecule has 1 atom stereocenters. The molecule has 0 spiro atoms. The Hall–Kier alpha value is -2.00. The van der Waals surface area contributed by atoms with E-state index in [1.54, 1.807) is 25.5 Å². The molecule has 7 nitrogen and oxygen atoms in total. The van der Waals surface area contributed by atoms with Crippen LogP contribution in [0, 0.1) is 5.92 Å². The Morgan fingerprint density at radius 3 is 2.84 bits per heavy atom. The van der Waals surface area contributed by atoms with Crippen molar-refractivity contribution in [2.24, 2.45) is 5.92 Å². The Morgan fingerprint density at radius 2 is 2.12 bits per heavy atom. The summed E-state index contributed by atoms with van der Waals surface area (Å²) in [6.45, 7) is 4.28. The Morgan fingerprint density at radius 1 is 1.32 bits per heavy atom. The van der Waals surface area contributed by atoms with Crippen molar-refractivity contribution < 1.29 is 0 Å². The van der Waals surface area contributed by atoms with Gasteiger partial charge >= 0.3 is 0 Å². The van der Waals surface area contributed by atoms with E-state index in [9.17, 15) is 0 Å². The third-order valence-electron chi connectivity index (χ3n) is 3.86. The summed E-state index contributed by atoms with van der Waals surface area (Å²) in [5, 5.41) is 7.83. The summed E-state index contributed by atoms with van der Waals surface area (Å²) in [7, 11) is 1.76. The van der Waals surface area contributed by atoms with Crippen LogP contribution in [0.1, 0.15) is 19.8 Å². The molecule has 2 N–H and O–H groups in total. The van der Waals surface area contributed by atoms with Gasteiger partial charge in [-0.2, -0.15) is 4.98 Å². The summed E-state index contributed by atoms with van der Waals surface area (Å²) in [6, 6.07) is 3.79. The molecule has 1 unspecified atom stereocenters. The number of nitrogens with one attached hydrogen (secondary N) is 2. The van der Waals surface area contributed by atoms with E-state index in [1.807, 2.05) is 6.07 Å². The van der Waals surface area contributed by atoms with Crippen LogP contribution in [0.5, 0.6) is 0 Å². The van der Waals surface area contributed by atoms with Gasteiger partial charge in [0.25, 0.3) is 0 Å². The average Bonchev–Trinajstić information content (AvgIpc) is 2.62. The zero-order valence-corrected chi connectivity index (χ0v) is 15.9. The lowest BCUT2D eigenvalue weighted by atomic mass is 10.0. The first-order valence-electron chi connectivity index (χ1n) is 8.21. The van der Waals surface area contributed by atoms with Gasteiger partial charge in [-0.1, -0.05) is 6.92 Å². The molecule has 132 valence electrons. The minimum Gasteiger partial charge on any atom is -0.365 e. The number of hydrogen-bond acceptors (Lipinski definition) is 7. The smallest absolute Gasteiger partial charge is 0.232 e.